The Bertz CT molecular complexity index is 422. The summed E-state index contributed by atoms with van der Waals surface area (Å²) in [4.78, 5) is 10.8. The van der Waals surface area contributed by atoms with Crippen LogP contribution in [0.2, 0.25) is 0 Å². The quantitative estimate of drug-likeness (QED) is 0.762. The molecule has 0 bridgehead atoms. The molecule has 1 heterocycles. The van der Waals surface area contributed by atoms with Crippen LogP contribution >= 0.6 is 0 Å². The van der Waals surface area contributed by atoms with Crippen LogP contribution in [0, 0.1) is 11.3 Å². The molecule has 2 aliphatic rings. The van der Waals surface area contributed by atoms with Crippen molar-refractivity contribution in [3.8, 4) is 0 Å². The van der Waals surface area contributed by atoms with Gasteiger partial charge < -0.3 is 5.11 Å². The van der Waals surface area contributed by atoms with Crippen LogP contribution in [-0.2, 0) is 15.0 Å². The van der Waals surface area contributed by atoms with Gasteiger partial charge in [-0.1, -0.05) is 6.92 Å². The molecule has 2 N–H and O–H groups in total. The Morgan fingerprint density at radius 3 is 2.39 bits per heavy atom. The number of carboxylic acids is 1. The summed E-state index contributed by atoms with van der Waals surface area (Å²) in [5.74, 6) is -1.23. The van der Waals surface area contributed by atoms with Crippen molar-refractivity contribution in [2.24, 2.45) is 11.3 Å². The molecule has 18 heavy (non-hydrogen) atoms. The zero-order chi connectivity index (χ0) is 13.4. The summed E-state index contributed by atoms with van der Waals surface area (Å²) in [6.45, 7) is 3.13. The second-order valence-corrected chi connectivity index (χ2v) is 7.40. The minimum Gasteiger partial charge on any atom is -0.481 e. The molecule has 1 aliphatic heterocycles. The van der Waals surface area contributed by atoms with E-state index in [-0.39, 0.29) is 5.41 Å². The smallest absolute Gasteiger partial charge is 0.306 e. The molecule has 1 saturated heterocycles. The van der Waals surface area contributed by atoms with Crippen LogP contribution < -0.4 is 4.72 Å². The maximum Gasteiger partial charge on any atom is 0.306 e. The van der Waals surface area contributed by atoms with Crippen LogP contribution in [0.3, 0.4) is 0 Å². The number of nitrogens with one attached hydrogen (secondary N) is 1. The molecule has 0 atom stereocenters. The fourth-order valence-corrected chi connectivity index (χ4v) is 3.49. The largest absolute Gasteiger partial charge is 0.481 e. The van der Waals surface area contributed by atoms with Gasteiger partial charge in [0.1, 0.15) is 0 Å². The number of nitrogens with zero attached hydrogens (tertiary/aromatic N) is 1. The van der Waals surface area contributed by atoms with Gasteiger partial charge in [0.2, 0.25) is 0 Å². The van der Waals surface area contributed by atoms with Gasteiger partial charge in [0.25, 0.3) is 10.2 Å². The van der Waals surface area contributed by atoms with Gasteiger partial charge >= 0.3 is 5.97 Å². The molecular weight excluding hydrogens is 256 g/mol. The lowest BCUT2D eigenvalue weighted by Gasteiger charge is -2.29. The van der Waals surface area contributed by atoms with E-state index in [0.29, 0.717) is 32.5 Å². The first-order valence-electron chi connectivity index (χ1n) is 6.30. The molecule has 6 nitrogen and oxygen atoms in total. The summed E-state index contributed by atoms with van der Waals surface area (Å²) in [5, 5.41) is 8.86. The molecule has 104 valence electrons. The molecule has 1 saturated carbocycles. The molecule has 1 aliphatic carbocycles. The Hall–Kier alpha value is -0.660. The van der Waals surface area contributed by atoms with Crippen molar-refractivity contribution in [3.05, 3.63) is 0 Å². The SMILES string of the molecule is CC1(CNS(=O)(=O)N2CCC(C(=O)O)CC2)CC1. The van der Waals surface area contributed by atoms with E-state index in [4.69, 9.17) is 5.11 Å². The topological polar surface area (TPSA) is 86.7 Å². The third-order valence-corrected chi connectivity index (χ3v) is 5.48. The van der Waals surface area contributed by atoms with Crippen LogP contribution in [0.1, 0.15) is 32.6 Å². The summed E-state index contributed by atoms with van der Waals surface area (Å²) < 4.78 is 28.0. The van der Waals surface area contributed by atoms with E-state index in [1.54, 1.807) is 0 Å². The third-order valence-electron chi connectivity index (χ3n) is 3.93. The molecule has 7 heteroatoms. The van der Waals surface area contributed by atoms with Gasteiger partial charge in [-0.05, 0) is 31.1 Å². The molecule has 2 fully saturated rings. The molecule has 0 aromatic carbocycles. The first-order chi connectivity index (χ1) is 8.32. The van der Waals surface area contributed by atoms with E-state index >= 15 is 0 Å². The number of hydrogen-bond acceptors (Lipinski definition) is 3. The number of hydrogen-bond donors (Lipinski definition) is 2. The number of carbonyl (C=O) groups is 1. The van der Waals surface area contributed by atoms with Crippen molar-refractivity contribution in [3.63, 3.8) is 0 Å². The van der Waals surface area contributed by atoms with Crippen molar-refractivity contribution >= 4 is 16.2 Å². The van der Waals surface area contributed by atoms with E-state index < -0.39 is 22.1 Å². The van der Waals surface area contributed by atoms with Crippen molar-refractivity contribution in [1.82, 2.24) is 9.03 Å². The molecule has 0 amide bonds. The number of carboxylic acid groups (broad SMARTS) is 1. The van der Waals surface area contributed by atoms with E-state index in [1.165, 1.54) is 4.31 Å². The Balaban J connectivity index is 1.85. The van der Waals surface area contributed by atoms with E-state index in [1.807, 2.05) is 0 Å². The van der Waals surface area contributed by atoms with Crippen LogP contribution in [-0.4, -0.2) is 43.4 Å². The van der Waals surface area contributed by atoms with Gasteiger partial charge in [-0.2, -0.15) is 12.7 Å². The standard InChI is InChI=1S/C11H20N2O4S/c1-11(4-5-11)8-12-18(16,17)13-6-2-9(3-7-13)10(14)15/h9,12H,2-8H2,1H3,(H,14,15). The molecular formula is C11H20N2O4S. The van der Waals surface area contributed by atoms with Crippen LogP contribution in [0.5, 0.6) is 0 Å². The molecule has 0 radical (unpaired) electrons. The predicted octanol–water partition coefficient (Wildman–Crippen LogP) is 0.417. The third kappa shape index (κ3) is 3.21. The molecule has 0 aromatic rings. The summed E-state index contributed by atoms with van der Waals surface area (Å²) in [5.41, 5.74) is 0.131. The summed E-state index contributed by atoms with van der Waals surface area (Å²) in [6.07, 6.45) is 2.92. The van der Waals surface area contributed by atoms with E-state index in [0.717, 1.165) is 12.8 Å². The molecule has 0 unspecified atom stereocenters. The number of piperidine rings is 1. The lowest BCUT2D eigenvalue weighted by Crippen LogP contribution is -2.47. The normalized spacial score (nSPS) is 24.9. The first kappa shape index (κ1) is 13.8. The average Bonchev–Trinajstić information content (AvgIpc) is 3.06. The molecule has 0 aromatic heterocycles. The van der Waals surface area contributed by atoms with Gasteiger partial charge in [0.05, 0.1) is 5.92 Å². The van der Waals surface area contributed by atoms with Crippen molar-refractivity contribution in [2.75, 3.05) is 19.6 Å². The highest BCUT2D eigenvalue weighted by Gasteiger charge is 2.39. The lowest BCUT2D eigenvalue weighted by molar-refractivity contribution is -0.142. The maximum absolute atomic E-state index is 12.0. The Kier molecular flexibility index (Phi) is 3.66. The van der Waals surface area contributed by atoms with Crippen LogP contribution in [0.4, 0.5) is 0 Å². The average molecular weight is 276 g/mol. The Labute approximate surface area is 108 Å². The number of aliphatic carboxylic acids is 1. The van der Waals surface area contributed by atoms with Gasteiger partial charge in [-0.3, -0.25) is 4.79 Å². The zero-order valence-corrected chi connectivity index (χ0v) is 11.4. The summed E-state index contributed by atoms with van der Waals surface area (Å²) >= 11 is 0. The fourth-order valence-electron chi connectivity index (χ4n) is 2.09. The Morgan fingerprint density at radius 1 is 1.39 bits per heavy atom. The number of rotatable bonds is 5. The minimum atomic E-state index is -3.44. The van der Waals surface area contributed by atoms with Crippen LogP contribution in [0.15, 0.2) is 0 Å². The van der Waals surface area contributed by atoms with E-state index in [9.17, 15) is 13.2 Å². The van der Waals surface area contributed by atoms with Crippen molar-refractivity contribution in [2.45, 2.75) is 32.6 Å². The molecule has 2 rings (SSSR count). The highest BCUT2D eigenvalue weighted by atomic mass is 32.2. The highest BCUT2D eigenvalue weighted by Crippen LogP contribution is 2.44. The lowest BCUT2D eigenvalue weighted by atomic mass is 9.99. The van der Waals surface area contributed by atoms with E-state index in [2.05, 4.69) is 11.6 Å². The summed E-state index contributed by atoms with van der Waals surface area (Å²) in [6, 6.07) is 0. The summed E-state index contributed by atoms with van der Waals surface area (Å²) in [7, 11) is -3.44. The monoisotopic (exact) mass is 276 g/mol. The van der Waals surface area contributed by atoms with Gasteiger partial charge in [0, 0.05) is 19.6 Å². The maximum atomic E-state index is 12.0. The molecule has 0 spiro atoms. The predicted molar refractivity (Wildman–Crippen MR) is 66.2 cm³/mol. The fraction of sp³-hybridized carbons (Fsp3) is 0.909. The first-order valence-corrected chi connectivity index (χ1v) is 7.74. The highest BCUT2D eigenvalue weighted by molar-refractivity contribution is 7.87. The van der Waals surface area contributed by atoms with Gasteiger partial charge in [-0.25, -0.2) is 4.72 Å². The second-order valence-electron chi connectivity index (χ2n) is 5.65. The van der Waals surface area contributed by atoms with Crippen molar-refractivity contribution in [1.29, 1.82) is 0 Å². The minimum absolute atomic E-state index is 0.131. The second kappa shape index (κ2) is 4.79. The van der Waals surface area contributed by atoms with Crippen LogP contribution in [0.25, 0.3) is 0 Å². The Morgan fingerprint density at radius 2 is 1.94 bits per heavy atom. The zero-order valence-electron chi connectivity index (χ0n) is 10.6. The van der Waals surface area contributed by atoms with Crippen molar-refractivity contribution < 1.29 is 18.3 Å². The van der Waals surface area contributed by atoms with Gasteiger partial charge in [0.15, 0.2) is 0 Å². The van der Waals surface area contributed by atoms with Gasteiger partial charge in [-0.15, -0.1) is 0 Å².